The molecule has 0 spiro atoms. The van der Waals surface area contributed by atoms with Crippen molar-refractivity contribution in [2.24, 2.45) is 5.92 Å². The molecule has 1 aliphatic carbocycles. The van der Waals surface area contributed by atoms with Crippen molar-refractivity contribution in [3.8, 4) is 11.5 Å². The molecule has 9 heteroatoms. The maximum Gasteiger partial charge on any atom is 0.421 e. The van der Waals surface area contributed by atoms with Gasteiger partial charge < -0.3 is 20.1 Å². The minimum atomic E-state index is -4.56. The van der Waals surface area contributed by atoms with Gasteiger partial charge in [0.2, 0.25) is 12.7 Å². The number of ether oxygens (including phenoxy) is 2. The fourth-order valence-electron chi connectivity index (χ4n) is 2.44. The summed E-state index contributed by atoms with van der Waals surface area (Å²) >= 11 is 0. The van der Waals surface area contributed by atoms with Crippen LogP contribution in [0.3, 0.4) is 0 Å². The van der Waals surface area contributed by atoms with Gasteiger partial charge in [0.15, 0.2) is 11.5 Å². The molecule has 6 nitrogen and oxygen atoms in total. The van der Waals surface area contributed by atoms with Gasteiger partial charge in [-0.1, -0.05) is 0 Å². The van der Waals surface area contributed by atoms with Crippen LogP contribution in [0, 0.1) is 5.92 Å². The van der Waals surface area contributed by atoms with Crippen LogP contribution in [-0.2, 0) is 6.18 Å². The van der Waals surface area contributed by atoms with E-state index in [1.54, 1.807) is 18.2 Å². The molecule has 0 bridgehead atoms. The van der Waals surface area contributed by atoms with E-state index >= 15 is 0 Å². The Balaban J connectivity index is 1.61. The predicted octanol–water partition coefficient (Wildman–Crippen LogP) is 3.79. The second-order valence-corrected chi connectivity index (χ2v) is 5.97. The Bertz CT molecular complexity index is 793. The SMILES string of the molecule is FC(F)(F)c1cnc(NCC2CC2)nc1Nc1ccc2c(c1)OCO2. The maximum absolute atomic E-state index is 13.2. The Morgan fingerprint density at radius 3 is 2.72 bits per heavy atom. The molecule has 0 saturated heterocycles. The first kappa shape index (κ1) is 15.8. The molecular weight excluding hydrogens is 337 g/mol. The largest absolute Gasteiger partial charge is 0.454 e. The van der Waals surface area contributed by atoms with Gasteiger partial charge in [0.25, 0.3) is 0 Å². The monoisotopic (exact) mass is 352 g/mol. The van der Waals surface area contributed by atoms with Crippen molar-refractivity contribution >= 4 is 17.5 Å². The number of anilines is 3. The summed E-state index contributed by atoms with van der Waals surface area (Å²) in [5, 5.41) is 5.68. The predicted molar refractivity (Wildman–Crippen MR) is 84.1 cm³/mol. The number of aromatic nitrogens is 2. The second-order valence-electron chi connectivity index (χ2n) is 5.97. The summed E-state index contributed by atoms with van der Waals surface area (Å²) in [6.45, 7) is 0.754. The van der Waals surface area contributed by atoms with Crippen molar-refractivity contribution in [1.82, 2.24) is 9.97 Å². The normalized spacial score (nSPS) is 16.0. The number of rotatable bonds is 5. The quantitative estimate of drug-likeness (QED) is 0.853. The van der Waals surface area contributed by atoms with E-state index in [9.17, 15) is 13.2 Å². The molecule has 0 radical (unpaired) electrons. The van der Waals surface area contributed by atoms with E-state index in [2.05, 4.69) is 20.6 Å². The van der Waals surface area contributed by atoms with Crippen LogP contribution >= 0.6 is 0 Å². The summed E-state index contributed by atoms with van der Waals surface area (Å²) < 4.78 is 50.2. The third-order valence-electron chi connectivity index (χ3n) is 3.98. The van der Waals surface area contributed by atoms with E-state index in [4.69, 9.17) is 9.47 Å². The lowest BCUT2D eigenvalue weighted by atomic mass is 10.2. The van der Waals surface area contributed by atoms with E-state index in [0.29, 0.717) is 29.6 Å². The molecule has 2 N–H and O–H groups in total. The van der Waals surface area contributed by atoms with Gasteiger partial charge in [0, 0.05) is 24.5 Å². The van der Waals surface area contributed by atoms with Crippen molar-refractivity contribution in [1.29, 1.82) is 0 Å². The first-order valence-corrected chi connectivity index (χ1v) is 7.84. The number of nitrogens with one attached hydrogen (secondary N) is 2. The van der Waals surface area contributed by atoms with Crippen LogP contribution in [0.1, 0.15) is 18.4 Å². The van der Waals surface area contributed by atoms with Crippen molar-refractivity contribution in [3.63, 3.8) is 0 Å². The Morgan fingerprint density at radius 2 is 1.96 bits per heavy atom. The Labute approximate surface area is 141 Å². The zero-order valence-electron chi connectivity index (χ0n) is 13.1. The fraction of sp³-hybridized carbons (Fsp3) is 0.375. The molecule has 1 aromatic carbocycles. The van der Waals surface area contributed by atoms with Crippen molar-refractivity contribution < 1.29 is 22.6 Å². The summed E-state index contributed by atoms with van der Waals surface area (Å²) in [7, 11) is 0. The Hall–Kier alpha value is -2.71. The highest BCUT2D eigenvalue weighted by Crippen LogP contribution is 2.38. The van der Waals surface area contributed by atoms with E-state index in [0.717, 1.165) is 19.0 Å². The van der Waals surface area contributed by atoms with Crippen molar-refractivity contribution in [2.75, 3.05) is 24.0 Å². The highest BCUT2D eigenvalue weighted by atomic mass is 19.4. The zero-order valence-corrected chi connectivity index (χ0v) is 13.1. The molecule has 1 saturated carbocycles. The molecule has 0 atom stereocenters. The van der Waals surface area contributed by atoms with Gasteiger partial charge in [-0.15, -0.1) is 0 Å². The van der Waals surface area contributed by atoms with Crippen molar-refractivity contribution in [3.05, 3.63) is 30.0 Å². The van der Waals surface area contributed by atoms with Crippen LogP contribution in [0.25, 0.3) is 0 Å². The smallest absolute Gasteiger partial charge is 0.421 e. The average molecular weight is 352 g/mol. The summed E-state index contributed by atoms with van der Waals surface area (Å²) in [6, 6.07) is 4.81. The van der Waals surface area contributed by atoms with Gasteiger partial charge in [-0.25, -0.2) is 4.98 Å². The number of benzene rings is 1. The molecule has 132 valence electrons. The van der Waals surface area contributed by atoms with Crippen LogP contribution in [0.4, 0.5) is 30.6 Å². The average Bonchev–Trinajstić information content (AvgIpc) is 3.28. The number of nitrogens with zero attached hydrogens (tertiary/aromatic N) is 2. The second kappa shape index (κ2) is 5.98. The van der Waals surface area contributed by atoms with Gasteiger partial charge >= 0.3 is 6.18 Å². The highest BCUT2D eigenvalue weighted by Gasteiger charge is 2.35. The standard InChI is InChI=1S/C16H15F3N4O2/c17-16(18,19)11-7-21-15(20-6-9-1-2-9)23-14(11)22-10-3-4-12-13(5-10)25-8-24-12/h3-5,7,9H,1-2,6,8H2,(H2,20,21,22,23). The molecule has 0 unspecified atom stereocenters. The highest BCUT2D eigenvalue weighted by molar-refractivity contribution is 5.64. The molecule has 4 rings (SSSR count). The zero-order chi connectivity index (χ0) is 17.4. The third kappa shape index (κ3) is 3.54. The van der Waals surface area contributed by atoms with Crippen LogP contribution in [0.5, 0.6) is 11.5 Å². The van der Waals surface area contributed by atoms with E-state index < -0.39 is 11.7 Å². The fourth-order valence-corrected chi connectivity index (χ4v) is 2.44. The van der Waals surface area contributed by atoms with Crippen LogP contribution < -0.4 is 20.1 Å². The molecular formula is C16H15F3N4O2. The molecule has 2 aromatic rings. The van der Waals surface area contributed by atoms with Crippen LogP contribution in [0.15, 0.2) is 24.4 Å². The summed E-state index contributed by atoms with van der Waals surface area (Å²) in [6.07, 6.45) is -1.53. The van der Waals surface area contributed by atoms with Gasteiger partial charge in [-0.05, 0) is 30.9 Å². The van der Waals surface area contributed by atoms with Crippen molar-refractivity contribution in [2.45, 2.75) is 19.0 Å². The van der Waals surface area contributed by atoms with Gasteiger partial charge in [0.1, 0.15) is 11.4 Å². The molecule has 25 heavy (non-hydrogen) atoms. The third-order valence-corrected chi connectivity index (χ3v) is 3.98. The molecule has 1 aliphatic heterocycles. The molecule has 2 heterocycles. The summed E-state index contributed by atoms with van der Waals surface area (Å²) in [4.78, 5) is 7.78. The minimum absolute atomic E-state index is 0.0926. The Kier molecular flexibility index (Phi) is 3.78. The van der Waals surface area contributed by atoms with Gasteiger partial charge in [0.05, 0.1) is 0 Å². The Morgan fingerprint density at radius 1 is 1.16 bits per heavy atom. The topological polar surface area (TPSA) is 68.3 Å². The maximum atomic E-state index is 13.2. The lowest BCUT2D eigenvalue weighted by Gasteiger charge is -2.15. The lowest BCUT2D eigenvalue weighted by Crippen LogP contribution is -2.14. The number of fused-ring (bicyclic) bond motifs is 1. The first-order valence-electron chi connectivity index (χ1n) is 7.84. The lowest BCUT2D eigenvalue weighted by molar-refractivity contribution is -0.137. The first-order chi connectivity index (χ1) is 12.0. The number of alkyl halides is 3. The van der Waals surface area contributed by atoms with E-state index in [1.807, 2.05) is 0 Å². The minimum Gasteiger partial charge on any atom is -0.454 e. The summed E-state index contributed by atoms with van der Waals surface area (Å²) in [5.74, 6) is 1.44. The number of hydrogen-bond acceptors (Lipinski definition) is 6. The summed E-state index contributed by atoms with van der Waals surface area (Å²) in [5.41, 5.74) is -0.510. The molecule has 0 amide bonds. The van der Waals surface area contributed by atoms with E-state index in [-0.39, 0.29) is 18.6 Å². The number of hydrogen-bond donors (Lipinski definition) is 2. The molecule has 1 fully saturated rings. The molecule has 1 aromatic heterocycles. The molecule has 2 aliphatic rings. The van der Waals surface area contributed by atoms with Crippen LogP contribution in [0.2, 0.25) is 0 Å². The van der Waals surface area contributed by atoms with E-state index in [1.165, 1.54) is 0 Å². The van der Waals surface area contributed by atoms with Gasteiger partial charge in [-0.2, -0.15) is 18.2 Å². The van der Waals surface area contributed by atoms with Gasteiger partial charge in [-0.3, -0.25) is 0 Å². The van der Waals surface area contributed by atoms with Crippen LogP contribution in [-0.4, -0.2) is 23.3 Å². The number of halogens is 3.